The fraction of sp³-hybridized carbons (Fsp3) is 1.00. The van der Waals surface area contributed by atoms with Crippen LogP contribution in [0.1, 0.15) is 25.7 Å². The van der Waals surface area contributed by atoms with Gasteiger partial charge in [-0.15, -0.1) is 6.04 Å². The van der Waals surface area contributed by atoms with E-state index < -0.39 is 0 Å². The molecule has 1 aliphatic rings. The van der Waals surface area contributed by atoms with Crippen molar-refractivity contribution >= 4 is 0 Å². The lowest BCUT2D eigenvalue weighted by Crippen LogP contribution is -1.94. The molecule has 1 rings (SSSR count). The second-order valence-corrected chi connectivity index (χ2v) is 2.20. The van der Waals surface area contributed by atoms with Crippen molar-refractivity contribution in [2.75, 3.05) is 7.05 Å². The first-order valence-corrected chi connectivity index (χ1v) is 3.02. The van der Waals surface area contributed by atoms with Gasteiger partial charge in [-0.3, -0.25) is 0 Å². The van der Waals surface area contributed by atoms with Gasteiger partial charge in [-0.2, -0.15) is 7.05 Å². The molecule has 0 N–H and O–H groups in total. The summed E-state index contributed by atoms with van der Waals surface area (Å²) in [4.78, 5) is 0. The fourth-order valence-electron chi connectivity index (χ4n) is 1.16. The number of hydrogen-bond donors (Lipinski definition) is 0. The molecule has 42 valence electrons. The van der Waals surface area contributed by atoms with Gasteiger partial charge in [-0.25, -0.2) is 0 Å². The minimum Gasteiger partial charge on any atom is -0.662 e. The maximum Gasteiger partial charge on any atom is -0.0547 e. The van der Waals surface area contributed by atoms with Crippen LogP contribution >= 0.6 is 0 Å². The third-order valence-electron chi connectivity index (χ3n) is 1.69. The first-order chi connectivity index (χ1) is 3.43. The van der Waals surface area contributed by atoms with Gasteiger partial charge in [0.05, 0.1) is 0 Å². The van der Waals surface area contributed by atoms with E-state index >= 15 is 0 Å². The van der Waals surface area contributed by atoms with Gasteiger partial charge in [0.2, 0.25) is 0 Å². The van der Waals surface area contributed by atoms with Gasteiger partial charge in [0.15, 0.2) is 0 Å². The molecule has 1 aliphatic carbocycles. The monoisotopic (exact) mass is 98.1 g/mol. The van der Waals surface area contributed by atoms with Crippen LogP contribution in [0.2, 0.25) is 0 Å². The Morgan fingerprint density at radius 3 is 2.14 bits per heavy atom. The van der Waals surface area contributed by atoms with E-state index in [1.54, 1.807) is 0 Å². The van der Waals surface area contributed by atoms with E-state index in [4.69, 9.17) is 0 Å². The molecule has 0 unspecified atom stereocenters. The molecular formula is C6H12N-. The lowest BCUT2D eigenvalue weighted by atomic mass is 10.3. The minimum absolute atomic E-state index is 0.722. The van der Waals surface area contributed by atoms with Crippen LogP contribution in [0.3, 0.4) is 0 Å². The second kappa shape index (κ2) is 2.31. The van der Waals surface area contributed by atoms with Crippen LogP contribution in [0.15, 0.2) is 0 Å². The molecule has 0 amide bonds. The van der Waals surface area contributed by atoms with E-state index in [0.717, 1.165) is 6.04 Å². The van der Waals surface area contributed by atoms with Crippen LogP contribution in [0, 0.1) is 0 Å². The van der Waals surface area contributed by atoms with Crippen molar-refractivity contribution in [3.63, 3.8) is 0 Å². The van der Waals surface area contributed by atoms with E-state index in [0.29, 0.717) is 0 Å². The zero-order valence-electron chi connectivity index (χ0n) is 4.85. The lowest BCUT2D eigenvalue weighted by molar-refractivity contribution is 0.778. The highest BCUT2D eigenvalue weighted by Crippen LogP contribution is 2.22. The highest BCUT2D eigenvalue weighted by atomic mass is 14.9. The predicted molar refractivity (Wildman–Crippen MR) is 31.5 cm³/mol. The number of hydrogen-bond acceptors (Lipinski definition) is 0. The maximum absolute atomic E-state index is 4.19. The molecule has 0 radical (unpaired) electrons. The molecule has 0 aromatic heterocycles. The maximum atomic E-state index is 4.19. The van der Waals surface area contributed by atoms with Crippen molar-refractivity contribution < 1.29 is 0 Å². The Bertz CT molecular complexity index is 46.1. The molecule has 7 heavy (non-hydrogen) atoms. The smallest absolute Gasteiger partial charge is 0.0547 e. The second-order valence-electron chi connectivity index (χ2n) is 2.20. The molecular weight excluding hydrogens is 86.1 g/mol. The van der Waals surface area contributed by atoms with E-state index in [-0.39, 0.29) is 0 Å². The average molecular weight is 98.2 g/mol. The molecule has 0 aromatic rings. The van der Waals surface area contributed by atoms with Crippen LogP contribution in [0.5, 0.6) is 0 Å². The Kier molecular flexibility index (Phi) is 1.69. The summed E-state index contributed by atoms with van der Waals surface area (Å²) in [6, 6.07) is 0.722. The van der Waals surface area contributed by atoms with E-state index in [1.807, 2.05) is 7.05 Å². The third-order valence-corrected chi connectivity index (χ3v) is 1.69. The minimum atomic E-state index is 0.722. The van der Waals surface area contributed by atoms with Gasteiger partial charge in [-0.05, 0) is 0 Å². The van der Waals surface area contributed by atoms with Gasteiger partial charge >= 0.3 is 0 Å². The highest BCUT2D eigenvalue weighted by Gasteiger charge is 2.03. The molecule has 1 heteroatoms. The summed E-state index contributed by atoms with van der Waals surface area (Å²) in [6.07, 6.45) is 5.50. The van der Waals surface area contributed by atoms with Crippen LogP contribution in [0.25, 0.3) is 5.32 Å². The Morgan fingerprint density at radius 2 is 1.86 bits per heavy atom. The van der Waals surface area contributed by atoms with E-state index in [1.165, 1.54) is 25.7 Å². The molecule has 0 heterocycles. The number of rotatable bonds is 1. The first-order valence-electron chi connectivity index (χ1n) is 3.02. The molecule has 0 aliphatic heterocycles. The van der Waals surface area contributed by atoms with Gasteiger partial charge in [0.25, 0.3) is 0 Å². The van der Waals surface area contributed by atoms with Crippen molar-refractivity contribution in [1.29, 1.82) is 0 Å². The summed E-state index contributed by atoms with van der Waals surface area (Å²) in [6.45, 7) is 0. The average Bonchev–Trinajstić information content (AvgIpc) is 2.14. The summed E-state index contributed by atoms with van der Waals surface area (Å²) >= 11 is 0. The Labute approximate surface area is 45.1 Å². The summed E-state index contributed by atoms with van der Waals surface area (Å²) in [5, 5.41) is 4.19. The van der Waals surface area contributed by atoms with Crippen LogP contribution in [-0.2, 0) is 0 Å². The van der Waals surface area contributed by atoms with E-state index in [2.05, 4.69) is 5.32 Å². The SMILES string of the molecule is C[N-]C1CCCC1. The number of nitrogens with zero attached hydrogens (tertiary/aromatic N) is 1. The van der Waals surface area contributed by atoms with Crippen LogP contribution in [0.4, 0.5) is 0 Å². The summed E-state index contributed by atoms with van der Waals surface area (Å²) in [7, 11) is 1.93. The quantitative estimate of drug-likeness (QED) is 0.476. The first kappa shape index (κ1) is 5.10. The zero-order chi connectivity index (χ0) is 5.11. The van der Waals surface area contributed by atoms with Crippen LogP contribution in [-0.4, -0.2) is 13.1 Å². The molecule has 0 spiro atoms. The Hall–Kier alpha value is -0.0400. The largest absolute Gasteiger partial charge is 0.662 e. The van der Waals surface area contributed by atoms with Crippen LogP contribution < -0.4 is 0 Å². The molecule has 1 saturated carbocycles. The normalized spacial score (nSPS) is 23.6. The molecule has 0 bridgehead atoms. The fourth-order valence-corrected chi connectivity index (χ4v) is 1.16. The molecule has 0 saturated heterocycles. The Balaban J connectivity index is 2.14. The van der Waals surface area contributed by atoms with Gasteiger partial charge < -0.3 is 5.32 Å². The molecule has 1 nitrogen and oxygen atoms in total. The van der Waals surface area contributed by atoms with Gasteiger partial charge in [0, 0.05) is 0 Å². The standard InChI is InChI=1S/C6H12N/c1-7-6-4-2-3-5-6/h6H,2-5H2,1H3/q-1. The molecule has 0 aromatic carbocycles. The topological polar surface area (TPSA) is 14.1 Å². The van der Waals surface area contributed by atoms with Gasteiger partial charge in [0.1, 0.15) is 0 Å². The summed E-state index contributed by atoms with van der Waals surface area (Å²) in [5.74, 6) is 0. The zero-order valence-corrected chi connectivity index (χ0v) is 4.85. The summed E-state index contributed by atoms with van der Waals surface area (Å²) < 4.78 is 0. The third kappa shape index (κ3) is 1.16. The summed E-state index contributed by atoms with van der Waals surface area (Å²) in [5.41, 5.74) is 0. The van der Waals surface area contributed by atoms with Crippen molar-refractivity contribution in [1.82, 2.24) is 0 Å². The highest BCUT2D eigenvalue weighted by molar-refractivity contribution is 4.89. The van der Waals surface area contributed by atoms with Crippen molar-refractivity contribution in [2.24, 2.45) is 0 Å². The Morgan fingerprint density at radius 1 is 1.29 bits per heavy atom. The van der Waals surface area contributed by atoms with Crippen molar-refractivity contribution in [3.8, 4) is 0 Å². The molecule has 0 atom stereocenters. The van der Waals surface area contributed by atoms with Crippen molar-refractivity contribution in [3.05, 3.63) is 5.32 Å². The molecule has 1 fully saturated rings. The lowest BCUT2D eigenvalue weighted by Gasteiger charge is -2.20. The van der Waals surface area contributed by atoms with E-state index in [9.17, 15) is 0 Å². The van der Waals surface area contributed by atoms with Crippen molar-refractivity contribution in [2.45, 2.75) is 31.7 Å². The van der Waals surface area contributed by atoms with Gasteiger partial charge in [-0.1, -0.05) is 25.7 Å². The predicted octanol–water partition coefficient (Wildman–Crippen LogP) is 1.93.